The summed E-state index contributed by atoms with van der Waals surface area (Å²) in [5.41, 5.74) is 1.21. The molecule has 0 saturated heterocycles. The molecule has 0 radical (unpaired) electrons. The van der Waals surface area contributed by atoms with Crippen molar-refractivity contribution < 1.29 is 4.79 Å². The summed E-state index contributed by atoms with van der Waals surface area (Å²) in [6.07, 6.45) is 2.05. The predicted octanol–water partition coefficient (Wildman–Crippen LogP) is 3.51. The van der Waals surface area contributed by atoms with Gasteiger partial charge in [-0.2, -0.15) is 0 Å². The van der Waals surface area contributed by atoms with Crippen LogP contribution in [0.5, 0.6) is 0 Å². The molecule has 0 aliphatic heterocycles. The number of benzene rings is 1. The van der Waals surface area contributed by atoms with Crippen LogP contribution in [-0.2, 0) is 5.75 Å². The summed E-state index contributed by atoms with van der Waals surface area (Å²) >= 11 is 1.40. The zero-order valence-electron chi connectivity index (χ0n) is 10.7. The Kier molecular flexibility index (Phi) is 10.9. The predicted molar refractivity (Wildman–Crippen MR) is 82.4 cm³/mol. The molecule has 1 aromatic carbocycles. The summed E-state index contributed by atoms with van der Waals surface area (Å²) in [7, 11) is 0. The van der Waals surface area contributed by atoms with Gasteiger partial charge in [0.05, 0.1) is 0 Å². The molecular formula is C14H22NNaOS. The van der Waals surface area contributed by atoms with Crippen molar-refractivity contribution in [3.63, 3.8) is 0 Å². The number of carbonyl (C=O) groups is 1. The van der Waals surface area contributed by atoms with Crippen LogP contribution in [0.25, 0.3) is 0 Å². The number of rotatable bonds is 6. The van der Waals surface area contributed by atoms with Crippen LogP contribution in [0.15, 0.2) is 30.3 Å². The fourth-order valence-corrected chi connectivity index (χ4v) is 2.49. The molecule has 4 heteroatoms. The number of hydrogen-bond acceptors (Lipinski definition) is 2. The maximum absolute atomic E-state index is 12.0. The molecule has 0 aromatic heterocycles. The van der Waals surface area contributed by atoms with Gasteiger partial charge in [0.2, 0.25) is 0 Å². The Hall–Kier alpha value is 0.0400. The maximum atomic E-state index is 12.0. The van der Waals surface area contributed by atoms with Gasteiger partial charge in [-0.1, -0.05) is 55.9 Å². The Morgan fingerprint density at radius 1 is 1.11 bits per heavy atom. The van der Waals surface area contributed by atoms with E-state index >= 15 is 0 Å². The van der Waals surface area contributed by atoms with E-state index in [1.54, 1.807) is 0 Å². The molecule has 0 saturated carbocycles. The summed E-state index contributed by atoms with van der Waals surface area (Å²) in [5, 5.41) is 0.206. The van der Waals surface area contributed by atoms with Gasteiger partial charge in [-0.05, 0) is 18.4 Å². The van der Waals surface area contributed by atoms with Crippen molar-refractivity contribution >= 4 is 46.6 Å². The average Bonchev–Trinajstić information content (AvgIpc) is 2.37. The fraction of sp³-hybridized carbons (Fsp3) is 0.500. The van der Waals surface area contributed by atoms with Gasteiger partial charge in [0, 0.05) is 18.8 Å². The average molecular weight is 275 g/mol. The van der Waals surface area contributed by atoms with E-state index in [0.29, 0.717) is 0 Å². The van der Waals surface area contributed by atoms with E-state index in [9.17, 15) is 4.79 Å². The number of hydrogen-bond donors (Lipinski definition) is 0. The molecule has 2 nitrogen and oxygen atoms in total. The van der Waals surface area contributed by atoms with E-state index in [1.807, 2.05) is 23.1 Å². The topological polar surface area (TPSA) is 20.3 Å². The zero-order valence-corrected chi connectivity index (χ0v) is 11.5. The van der Waals surface area contributed by atoms with Crippen LogP contribution >= 0.6 is 11.8 Å². The first kappa shape index (κ1) is 18.0. The van der Waals surface area contributed by atoms with Crippen LogP contribution in [0.4, 0.5) is 4.79 Å². The van der Waals surface area contributed by atoms with Crippen LogP contribution < -0.4 is 0 Å². The SMILES string of the molecule is CCCN(CCC)C(=O)SCc1ccccc1.[NaH]. The third-order valence-corrected chi connectivity index (χ3v) is 3.43. The first-order valence-electron chi connectivity index (χ1n) is 6.23. The third kappa shape index (κ3) is 6.83. The molecule has 1 amide bonds. The Balaban J connectivity index is 0.00000289. The van der Waals surface area contributed by atoms with Gasteiger partial charge >= 0.3 is 29.6 Å². The van der Waals surface area contributed by atoms with Crippen LogP contribution in [-0.4, -0.2) is 52.8 Å². The molecule has 0 N–H and O–H groups in total. The molecule has 0 aliphatic rings. The quantitative estimate of drug-likeness (QED) is 0.740. The molecule has 1 rings (SSSR count). The Morgan fingerprint density at radius 2 is 1.67 bits per heavy atom. The Labute approximate surface area is 137 Å². The second kappa shape index (κ2) is 10.9. The molecular weight excluding hydrogens is 253 g/mol. The van der Waals surface area contributed by atoms with Crippen LogP contribution in [0.1, 0.15) is 32.3 Å². The van der Waals surface area contributed by atoms with Gasteiger partial charge in [0.15, 0.2) is 0 Å². The molecule has 0 fully saturated rings. The van der Waals surface area contributed by atoms with Crippen molar-refractivity contribution in [3.05, 3.63) is 35.9 Å². The first-order chi connectivity index (χ1) is 8.27. The molecule has 1 aromatic rings. The number of amides is 1. The second-order valence-electron chi connectivity index (χ2n) is 4.03. The second-order valence-corrected chi connectivity index (χ2v) is 4.95. The Morgan fingerprint density at radius 3 is 2.17 bits per heavy atom. The third-order valence-electron chi connectivity index (χ3n) is 2.45. The molecule has 0 spiro atoms. The van der Waals surface area contributed by atoms with Gasteiger partial charge in [0.25, 0.3) is 5.24 Å². The van der Waals surface area contributed by atoms with Crippen molar-refractivity contribution in [1.82, 2.24) is 4.90 Å². The molecule has 0 atom stereocenters. The fourth-order valence-electron chi connectivity index (χ4n) is 1.64. The number of carbonyl (C=O) groups excluding carboxylic acids is 1. The number of nitrogens with zero attached hydrogens (tertiary/aromatic N) is 1. The normalized spacial score (nSPS) is 9.67. The molecule has 96 valence electrons. The van der Waals surface area contributed by atoms with E-state index in [-0.39, 0.29) is 34.8 Å². The molecule has 0 aliphatic carbocycles. The van der Waals surface area contributed by atoms with E-state index in [2.05, 4.69) is 26.0 Å². The monoisotopic (exact) mass is 275 g/mol. The van der Waals surface area contributed by atoms with E-state index in [0.717, 1.165) is 31.7 Å². The van der Waals surface area contributed by atoms with Gasteiger partial charge in [-0.25, -0.2) is 0 Å². The zero-order chi connectivity index (χ0) is 12.5. The van der Waals surface area contributed by atoms with Crippen LogP contribution in [0.3, 0.4) is 0 Å². The summed E-state index contributed by atoms with van der Waals surface area (Å²) < 4.78 is 0. The molecule has 0 bridgehead atoms. The minimum absolute atomic E-state index is 0. The van der Waals surface area contributed by atoms with Gasteiger partial charge in [-0.15, -0.1) is 0 Å². The van der Waals surface area contributed by atoms with Gasteiger partial charge < -0.3 is 4.90 Å². The van der Waals surface area contributed by atoms with Gasteiger partial charge in [-0.3, -0.25) is 4.79 Å². The molecule has 0 heterocycles. The summed E-state index contributed by atoms with van der Waals surface area (Å²) in [6.45, 7) is 5.96. The van der Waals surface area contributed by atoms with E-state index in [4.69, 9.17) is 0 Å². The van der Waals surface area contributed by atoms with Crippen molar-refractivity contribution in [3.8, 4) is 0 Å². The van der Waals surface area contributed by atoms with E-state index < -0.39 is 0 Å². The minimum atomic E-state index is 0. The van der Waals surface area contributed by atoms with Crippen molar-refractivity contribution in [2.45, 2.75) is 32.4 Å². The van der Waals surface area contributed by atoms with Crippen molar-refractivity contribution in [2.75, 3.05) is 13.1 Å². The first-order valence-corrected chi connectivity index (χ1v) is 7.22. The van der Waals surface area contributed by atoms with E-state index in [1.165, 1.54) is 17.3 Å². The van der Waals surface area contributed by atoms with Gasteiger partial charge in [0.1, 0.15) is 0 Å². The summed E-state index contributed by atoms with van der Waals surface area (Å²) in [4.78, 5) is 13.9. The van der Waals surface area contributed by atoms with Crippen LogP contribution in [0.2, 0.25) is 0 Å². The summed E-state index contributed by atoms with van der Waals surface area (Å²) in [6, 6.07) is 10.1. The van der Waals surface area contributed by atoms with Crippen molar-refractivity contribution in [2.24, 2.45) is 0 Å². The standard InChI is InChI=1S/C14H21NOS.Na.H/c1-3-10-15(11-4-2)14(16)17-12-13-8-6-5-7-9-13;;/h5-9H,3-4,10-12H2,1-2H3;;. The molecule has 0 unspecified atom stereocenters. The van der Waals surface area contributed by atoms with Crippen LogP contribution in [0, 0.1) is 0 Å². The Bertz CT molecular complexity index is 326. The van der Waals surface area contributed by atoms with Crippen molar-refractivity contribution in [1.29, 1.82) is 0 Å². The number of thioether (sulfide) groups is 1. The molecule has 18 heavy (non-hydrogen) atoms. The summed E-state index contributed by atoms with van der Waals surface area (Å²) in [5.74, 6) is 0.767.